The zero-order valence-corrected chi connectivity index (χ0v) is 16.4. The van der Waals surface area contributed by atoms with Crippen LogP contribution in [0.4, 0.5) is 10.1 Å². The van der Waals surface area contributed by atoms with Gasteiger partial charge in [0.2, 0.25) is 0 Å². The van der Waals surface area contributed by atoms with Crippen molar-refractivity contribution in [2.24, 2.45) is 0 Å². The van der Waals surface area contributed by atoms with Crippen LogP contribution in [0.25, 0.3) is 0 Å². The average molecular weight is 390 g/mol. The molecule has 28 heavy (non-hydrogen) atoms. The summed E-state index contributed by atoms with van der Waals surface area (Å²) in [6, 6.07) is 8.26. The second-order valence-electron chi connectivity index (χ2n) is 6.17. The number of nitriles is 1. The fraction of sp³-hybridized carbons (Fsp3) is 0.500. The number of hydrogen-bond acceptors (Lipinski definition) is 6. The Kier molecular flexibility index (Phi) is 8.72. The van der Waals surface area contributed by atoms with E-state index < -0.39 is 6.29 Å². The van der Waals surface area contributed by atoms with E-state index >= 15 is 0 Å². The van der Waals surface area contributed by atoms with Crippen molar-refractivity contribution in [1.29, 1.82) is 5.26 Å². The summed E-state index contributed by atoms with van der Waals surface area (Å²) in [5.74, 6) is -0.581. The van der Waals surface area contributed by atoms with Crippen LogP contribution in [0.1, 0.15) is 13.8 Å². The van der Waals surface area contributed by atoms with E-state index in [1.807, 2.05) is 19.9 Å². The molecule has 1 aromatic carbocycles. The van der Waals surface area contributed by atoms with Gasteiger partial charge in [-0.05, 0) is 38.1 Å². The Balaban J connectivity index is 1.87. The number of carbonyl (C=O) groups excluding carboxylic acids is 1. The van der Waals surface area contributed by atoms with Crippen LogP contribution in [-0.2, 0) is 14.3 Å². The molecule has 1 aliphatic heterocycles. The van der Waals surface area contributed by atoms with Crippen LogP contribution in [0.3, 0.4) is 0 Å². The summed E-state index contributed by atoms with van der Waals surface area (Å²) in [5, 5.41) is 12.3. The smallest absolute Gasteiger partial charge is 0.266 e. The molecule has 8 heteroatoms. The summed E-state index contributed by atoms with van der Waals surface area (Å²) in [4.78, 5) is 16.4. The fourth-order valence-corrected chi connectivity index (χ4v) is 2.93. The molecule has 0 bridgehead atoms. The third-order valence-corrected chi connectivity index (χ3v) is 4.35. The van der Waals surface area contributed by atoms with E-state index in [4.69, 9.17) is 9.47 Å². The van der Waals surface area contributed by atoms with Gasteiger partial charge in [0.05, 0.1) is 6.54 Å². The Bertz CT molecular complexity index is 688. The molecule has 152 valence electrons. The van der Waals surface area contributed by atoms with Gasteiger partial charge in [-0.2, -0.15) is 5.26 Å². The third kappa shape index (κ3) is 6.22. The molecule has 0 aliphatic carbocycles. The van der Waals surface area contributed by atoms with Crippen molar-refractivity contribution >= 4 is 11.6 Å². The molecule has 1 saturated heterocycles. The molecule has 2 rings (SSSR count). The summed E-state index contributed by atoms with van der Waals surface area (Å²) in [6.45, 7) is 7.36. The first kappa shape index (κ1) is 21.7. The second kappa shape index (κ2) is 11.3. The van der Waals surface area contributed by atoms with E-state index in [0.717, 1.165) is 5.69 Å². The first-order chi connectivity index (χ1) is 13.6. The van der Waals surface area contributed by atoms with Crippen molar-refractivity contribution in [3.05, 3.63) is 41.9 Å². The lowest BCUT2D eigenvalue weighted by Crippen LogP contribution is -2.49. The van der Waals surface area contributed by atoms with Gasteiger partial charge in [0.1, 0.15) is 17.5 Å². The molecule has 1 aliphatic rings. The Labute approximate surface area is 165 Å². The summed E-state index contributed by atoms with van der Waals surface area (Å²) in [5.41, 5.74) is 0.964. The number of nitrogens with one attached hydrogen (secondary N) is 1. The molecule has 1 fully saturated rings. The van der Waals surface area contributed by atoms with Gasteiger partial charge in [0, 0.05) is 51.3 Å². The molecule has 0 aromatic heterocycles. The van der Waals surface area contributed by atoms with E-state index in [1.54, 1.807) is 17.0 Å². The molecule has 1 N–H and O–H groups in total. The molecule has 1 aromatic rings. The number of rotatable bonds is 9. The molecule has 0 spiro atoms. The van der Waals surface area contributed by atoms with E-state index in [0.29, 0.717) is 45.9 Å². The van der Waals surface area contributed by atoms with Crippen molar-refractivity contribution in [3.8, 4) is 6.07 Å². The van der Waals surface area contributed by atoms with Crippen molar-refractivity contribution in [3.63, 3.8) is 0 Å². The number of piperazine rings is 1. The summed E-state index contributed by atoms with van der Waals surface area (Å²) >= 11 is 0. The van der Waals surface area contributed by atoms with Gasteiger partial charge in [-0.25, -0.2) is 4.39 Å². The zero-order chi connectivity index (χ0) is 20.4. The number of carbonyl (C=O) groups is 1. The van der Waals surface area contributed by atoms with Crippen molar-refractivity contribution in [2.75, 3.05) is 50.8 Å². The summed E-state index contributed by atoms with van der Waals surface area (Å²) in [6.07, 6.45) is 0.986. The highest BCUT2D eigenvalue weighted by Crippen LogP contribution is 2.17. The molecule has 0 radical (unpaired) electrons. The van der Waals surface area contributed by atoms with Crippen LogP contribution in [-0.4, -0.2) is 63.0 Å². The number of halogens is 1. The minimum atomic E-state index is -0.430. The highest BCUT2D eigenvalue weighted by molar-refractivity contribution is 5.97. The predicted octanol–water partition coefficient (Wildman–Crippen LogP) is 1.87. The van der Waals surface area contributed by atoms with Crippen LogP contribution in [0.2, 0.25) is 0 Å². The molecule has 1 amide bonds. The maximum absolute atomic E-state index is 13.1. The van der Waals surface area contributed by atoms with Crippen molar-refractivity contribution in [2.45, 2.75) is 20.1 Å². The molecule has 1 heterocycles. The number of hydrogen-bond donors (Lipinski definition) is 1. The van der Waals surface area contributed by atoms with E-state index in [1.165, 1.54) is 18.3 Å². The van der Waals surface area contributed by atoms with E-state index in [-0.39, 0.29) is 17.3 Å². The maximum atomic E-state index is 13.1. The quantitative estimate of drug-likeness (QED) is 0.394. The minimum absolute atomic E-state index is 0.0435. The minimum Gasteiger partial charge on any atom is -0.385 e. The maximum Gasteiger partial charge on any atom is 0.266 e. The Morgan fingerprint density at radius 2 is 1.82 bits per heavy atom. The van der Waals surface area contributed by atoms with Crippen LogP contribution in [0.15, 0.2) is 36.0 Å². The second-order valence-corrected chi connectivity index (χ2v) is 6.17. The lowest BCUT2D eigenvalue weighted by Gasteiger charge is -2.36. The largest absolute Gasteiger partial charge is 0.385 e. The first-order valence-corrected chi connectivity index (χ1v) is 9.45. The standard InChI is InChI=1S/C20H27FN4O3/c1-3-27-19(28-4-2)15-23-14-16(13-22)20(26)25-11-9-24(10-12-25)18-7-5-17(21)6-8-18/h5-8,14,19,23H,3-4,9-12,15H2,1-2H3/b16-14-. The average Bonchev–Trinajstić information content (AvgIpc) is 2.72. The van der Waals surface area contributed by atoms with Gasteiger partial charge in [-0.3, -0.25) is 4.79 Å². The van der Waals surface area contributed by atoms with E-state index in [2.05, 4.69) is 10.2 Å². The Morgan fingerprint density at radius 3 is 2.36 bits per heavy atom. The van der Waals surface area contributed by atoms with Gasteiger partial charge in [0.25, 0.3) is 5.91 Å². The van der Waals surface area contributed by atoms with Gasteiger partial charge < -0.3 is 24.6 Å². The fourth-order valence-electron chi connectivity index (χ4n) is 2.93. The topological polar surface area (TPSA) is 77.8 Å². The van der Waals surface area contributed by atoms with Crippen LogP contribution in [0, 0.1) is 17.1 Å². The lowest BCUT2D eigenvalue weighted by atomic mass is 10.2. The molecule has 0 unspecified atom stereocenters. The monoisotopic (exact) mass is 390 g/mol. The summed E-state index contributed by atoms with van der Waals surface area (Å²) < 4.78 is 23.9. The van der Waals surface area contributed by atoms with E-state index in [9.17, 15) is 14.4 Å². The van der Waals surface area contributed by atoms with Crippen LogP contribution < -0.4 is 10.2 Å². The highest BCUT2D eigenvalue weighted by Gasteiger charge is 2.24. The first-order valence-electron chi connectivity index (χ1n) is 9.45. The van der Waals surface area contributed by atoms with Crippen molar-refractivity contribution in [1.82, 2.24) is 10.2 Å². The zero-order valence-electron chi connectivity index (χ0n) is 16.4. The number of amides is 1. The number of nitrogens with zero attached hydrogens (tertiary/aromatic N) is 3. The number of ether oxygens (including phenoxy) is 2. The molecule has 7 nitrogen and oxygen atoms in total. The normalized spacial score (nSPS) is 14.9. The third-order valence-electron chi connectivity index (χ3n) is 4.35. The van der Waals surface area contributed by atoms with Gasteiger partial charge in [-0.15, -0.1) is 0 Å². The Hall–Kier alpha value is -2.63. The van der Waals surface area contributed by atoms with Gasteiger partial charge >= 0.3 is 0 Å². The molecular formula is C20H27FN4O3. The van der Waals surface area contributed by atoms with Crippen molar-refractivity contribution < 1.29 is 18.7 Å². The predicted molar refractivity (Wildman–Crippen MR) is 104 cm³/mol. The Morgan fingerprint density at radius 1 is 1.21 bits per heavy atom. The summed E-state index contributed by atoms with van der Waals surface area (Å²) in [7, 11) is 0. The number of benzene rings is 1. The lowest BCUT2D eigenvalue weighted by molar-refractivity contribution is -0.132. The van der Waals surface area contributed by atoms with Crippen LogP contribution >= 0.6 is 0 Å². The molecular weight excluding hydrogens is 363 g/mol. The van der Waals surface area contributed by atoms with Crippen LogP contribution in [0.5, 0.6) is 0 Å². The molecule has 0 atom stereocenters. The van der Waals surface area contributed by atoms with Gasteiger partial charge in [-0.1, -0.05) is 0 Å². The van der Waals surface area contributed by atoms with Gasteiger partial charge in [0.15, 0.2) is 6.29 Å². The molecule has 0 saturated carbocycles. The SMILES string of the molecule is CCOC(CN/C=C(/C#N)C(=O)N1CCN(c2ccc(F)cc2)CC1)OCC. The number of anilines is 1. The highest BCUT2D eigenvalue weighted by atomic mass is 19.1.